The molecule has 0 saturated carbocycles. The van der Waals surface area contributed by atoms with Crippen LogP contribution in [0.1, 0.15) is 31.2 Å². The molecule has 1 aliphatic heterocycles. The van der Waals surface area contributed by atoms with Gasteiger partial charge in [-0.3, -0.25) is 10.1 Å². The minimum Gasteiger partial charge on any atom is -0.406 e. The Balaban J connectivity index is 1.97. The van der Waals surface area contributed by atoms with Crippen LogP contribution in [0.25, 0.3) is 0 Å². The highest BCUT2D eigenvalue weighted by Gasteiger charge is 2.22. The van der Waals surface area contributed by atoms with Gasteiger partial charge in [-0.25, -0.2) is 0 Å². The molecule has 84 valence electrons. The molecule has 1 aromatic heterocycles. The number of anilines is 1. The summed E-state index contributed by atoms with van der Waals surface area (Å²) < 4.78 is 5.30. The van der Waals surface area contributed by atoms with Gasteiger partial charge in [-0.05, 0) is 19.4 Å². The second-order valence-electron chi connectivity index (χ2n) is 3.52. The van der Waals surface area contributed by atoms with E-state index >= 15 is 0 Å². The summed E-state index contributed by atoms with van der Waals surface area (Å²) in [5.41, 5.74) is 0. The van der Waals surface area contributed by atoms with Gasteiger partial charge in [0.05, 0.1) is 12.5 Å². The first-order valence-electron chi connectivity index (χ1n) is 5.09. The van der Waals surface area contributed by atoms with Gasteiger partial charge in [-0.15, -0.1) is 11.5 Å². The number of nitrogens with zero attached hydrogens (tertiary/aromatic N) is 2. The van der Waals surface area contributed by atoms with E-state index in [1.807, 2.05) is 0 Å². The molecule has 2 N–H and O–H groups in total. The molecular formula is C10H12N4O2. The van der Waals surface area contributed by atoms with Crippen LogP contribution in [0.2, 0.25) is 0 Å². The molecular weight excluding hydrogens is 208 g/mol. The number of rotatable bonds is 3. The SMILES string of the molecule is C#CCC(=O)Nc1nnc(C2CCCN2)o1. The third-order valence-electron chi connectivity index (χ3n) is 2.31. The fourth-order valence-corrected chi connectivity index (χ4v) is 1.58. The number of carbonyl (C=O) groups is 1. The van der Waals surface area contributed by atoms with Crippen molar-refractivity contribution >= 4 is 11.9 Å². The van der Waals surface area contributed by atoms with E-state index < -0.39 is 0 Å². The van der Waals surface area contributed by atoms with E-state index in [0.29, 0.717) is 5.89 Å². The maximum Gasteiger partial charge on any atom is 0.322 e. The predicted octanol–water partition coefficient (Wildman–Crippen LogP) is 0.456. The summed E-state index contributed by atoms with van der Waals surface area (Å²) in [7, 11) is 0. The Morgan fingerprint density at radius 3 is 3.25 bits per heavy atom. The highest BCUT2D eigenvalue weighted by atomic mass is 16.4. The van der Waals surface area contributed by atoms with Crippen LogP contribution in [0.3, 0.4) is 0 Å². The zero-order chi connectivity index (χ0) is 11.4. The van der Waals surface area contributed by atoms with Gasteiger partial charge < -0.3 is 9.73 Å². The zero-order valence-electron chi connectivity index (χ0n) is 8.69. The lowest BCUT2D eigenvalue weighted by molar-refractivity contribution is -0.115. The van der Waals surface area contributed by atoms with Crippen LogP contribution in [0.15, 0.2) is 4.42 Å². The largest absolute Gasteiger partial charge is 0.406 e. The van der Waals surface area contributed by atoms with E-state index in [0.717, 1.165) is 19.4 Å². The Kier molecular flexibility index (Phi) is 3.17. The van der Waals surface area contributed by atoms with Crippen molar-refractivity contribution in [3.63, 3.8) is 0 Å². The third-order valence-corrected chi connectivity index (χ3v) is 2.31. The first-order valence-corrected chi connectivity index (χ1v) is 5.09. The Morgan fingerprint density at radius 1 is 1.69 bits per heavy atom. The standard InChI is InChI=1S/C10H12N4O2/c1-2-4-8(15)12-10-14-13-9(16-10)7-5-3-6-11-7/h1,7,11H,3-6H2,(H,12,14,15). The number of terminal acetylenes is 1. The monoisotopic (exact) mass is 220 g/mol. The Labute approximate surface area is 92.8 Å². The summed E-state index contributed by atoms with van der Waals surface area (Å²) in [6.45, 7) is 0.950. The van der Waals surface area contributed by atoms with Crippen molar-refractivity contribution in [3.8, 4) is 12.3 Å². The van der Waals surface area contributed by atoms with Gasteiger partial charge in [0.15, 0.2) is 0 Å². The summed E-state index contributed by atoms with van der Waals surface area (Å²) in [6, 6.07) is 0.203. The van der Waals surface area contributed by atoms with E-state index in [1.54, 1.807) is 0 Å². The molecule has 1 saturated heterocycles. The van der Waals surface area contributed by atoms with Crippen molar-refractivity contribution in [3.05, 3.63) is 5.89 Å². The first-order chi connectivity index (χ1) is 7.79. The lowest BCUT2D eigenvalue weighted by Crippen LogP contribution is -2.13. The summed E-state index contributed by atoms with van der Waals surface area (Å²) in [5.74, 6) is 2.42. The number of hydrogen-bond acceptors (Lipinski definition) is 5. The van der Waals surface area contributed by atoms with Gasteiger partial charge in [0.25, 0.3) is 0 Å². The van der Waals surface area contributed by atoms with Crippen LogP contribution >= 0.6 is 0 Å². The van der Waals surface area contributed by atoms with Crippen LogP contribution in [-0.2, 0) is 4.79 Å². The van der Waals surface area contributed by atoms with E-state index in [4.69, 9.17) is 10.8 Å². The second-order valence-corrected chi connectivity index (χ2v) is 3.52. The van der Waals surface area contributed by atoms with Gasteiger partial charge in [0, 0.05) is 0 Å². The number of carbonyl (C=O) groups excluding carboxylic acids is 1. The van der Waals surface area contributed by atoms with Crippen LogP contribution in [0, 0.1) is 12.3 Å². The lowest BCUT2D eigenvalue weighted by Gasteiger charge is -2.02. The van der Waals surface area contributed by atoms with E-state index in [2.05, 4.69) is 26.8 Å². The van der Waals surface area contributed by atoms with Crippen molar-refractivity contribution in [2.45, 2.75) is 25.3 Å². The minimum absolute atomic E-state index is 0.000603. The minimum atomic E-state index is -0.322. The average molecular weight is 220 g/mol. The quantitative estimate of drug-likeness (QED) is 0.723. The molecule has 1 aromatic rings. The normalized spacial score (nSPS) is 19.3. The van der Waals surface area contributed by atoms with E-state index in [1.165, 1.54) is 0 Å². The summed E-state index contributed by atoms with van der Waals surface area (Å²) in [4.78, 5) is 11.1. The molecule has 1 aliphatic rings. The van der Waals surface area contributed by atoms with Gasteiger partial charge >= 0.3 is 6.01 Å². The Hall–Kier alpha value is -1.87. The fraction of sp³-hybridized carbons (Fsp3) is 0.500. The summed E-state index contributed by atoms with van der Waals surface area (Å²) in [5, 5.41) is 13.3. The van der Waals surface area contributed by atoms with Gasteiger partial charge in [0.2, 0.25) is 11.8 Å². The zero-order valence-corrected chi connectivity index (χ0v) is 8.69. The number of aromatic nitrogens is 2. The molecule has 16 heavy (non-hydrogen) atoms. The molecule has 2 rings (SSSR count). The molecule has 1 atom stereocenters. The molecule has 1 amide bonds. The summed E-state index contributed by atoms with van der Waals surface area (Å²) >= 11 is 0. The summed E-state index contributed by atoms with van der Waals surface area (Å²) in [6.07, 6.45) is 7.06. The highest BCUT2D eigenvalue weighted by Crippen LogP contribution is 2.22. The van der Waals surface area contributed by atoms with Gasteiger partial charge in [0.1, 0.15) is 0 Å². The third kappa shape index (κ3) is 2.38. The molecule has 0 bridgehead atoms. The lowest BCUT2D eigenvalue weighted by atomic mass is 10.2. The average Bonchev–Trinajstić information content (AvgIpc) is 2.86. The van der Waals surface area contributed by atoms with E-state index in [-0.39, 0.29) is 24.4 Å². The molecule has 0 aromatic carbocycles. The smallest absolute Gasteiger partial charge is 0.322 e. The molecule has 0 radical (unpaired) electrons. The van der Waals surface area contributed by atoms with Gasteiger partial charge in [-0.1, -0.05) is 11.0 Å². The van der Waals surface area contributed by atoms with Crippen molar-refractivity contribution in [2.24, 2.45) is 0 Å². The van der Waals surface area contributed by atoms with Crippen molar-refractivity contribution in [1.29, 1.82) is 0 Å². The molecule has 0 aliphatic carbocycles. The fourth-order valence-electron chi connectivity index (χ4n) is 1.58. The van der Waals surface area contributed by atoms with Crippen molar-refractivity contribution in [1.82, 2.24) is 15.5 Å². The maximum absolute atomic E-state index is 11.1. The molecule has 1 fully saturated rings. The highest BCUT2D eigenvalue weighted by molar-refractivity contribution is 5.90. The molecule has 0 spiro atoms. The molecule has 6 heteroatoms. The second kappa shape index (κ2) is 4.77. The van der Waals surface area contributed by atoms with Crippen LogP contribution < -0.4 is 10.6 Å². The van der Waals surface area contributed by atoms with E-state index in [9.17, 15) is 4.79 Å². The number of amides is 1. The number of nitrogens with one attached hydrogen (secondary N) is 2. The Bertz CT molecular complexity index is 415. The van der Waals surface area contributed by atoms with Gasteiger partial charge in [-0.2, -0.15) is 0 Å². The van der Waals surface area contributed by atoms with Crippen LogP contribution in [0.4, 0.5) is 6.01 Å². The first kappa shape index (κ1) is 10.6. The molecule has 2 heterocycles. The van der Waals surface area contributed by atoms with Crippen molar-refractivity contribution in [2.75, 3.05) is 11.9 Å². The van der Waals surface area contributed by atoms with Crippen LogP contribution in [0.5, 0.6) is 0 Å². The maximum atomic E-state index is 11.1. The topological polar surface area (TPSA) is 80.0 Å². The number of hydrogen-bond donors (Lipinski definition) is 2. The molecule has 1 unspecified atom stereocenters. The van der Waals surface area contributed by atoms with Crippen molar-refractivity contribution < 1.29 is 9.21 Å². The van der Waals surface area contributed by atoms with Crippen LogP contribution in [-0.4, -0.2) is 22.6 Å². The predicted molar refractivity (Wildman–Crippen MR) is 56.4 cm³/mol. The Morgan fingerprint density at radius 2 is 2.56 bits per heavy atom. The molecule has 6 nitrogen and oxygen atoms in total.